The second-order valence-electron chi connectivity index (χ2n) is 9.84. The molecule has 196 valence electrons. The number of hydrogen-bond acceptors (Lipinski definition) is 5. The second kappa shape index (κ2) is 10.6. The van der Waals surface area contributed by atoms with Crippen LogP contribution in [0.2, 0.25) is 0 Å². The molecule has 9 heteroatoms. The average molecular weight is 513 g/mol. The van der Waals surface area contributed by atoms with E-state index < -0.39 is 0 Å². The van der Waals surface area contributed by atoms with E-state index in [1.165, 1.54) is 0 Å². The highest BCUT2D eigenvalue weighted by Gasteiger charge is 2.38. The zero-order chi connectivity index (χ0) is 26.8. The Morgan fingerprint density at radius 1 is 1.13 bits per heavy atom. The van der Waals surface area contributed by atoms with Crippen LogP contribution in [0.3, 0.4) is 0 Å². The van der Waals surface area contributed by atoms with Gasteiger partial charge in [-0.25, -0.2) is 0 Å². The van der Waals surface area contributed by atoms with Crippen molar-refractivity contribution in [2.75, 3.05) is 38.7 Å². The number of nitrogens with zero attached hydrogens (tertiary/aromatic N) is 6. The topological polar surface area (TPSA) is 75.3 Å². The molecule has 0 unspecified atom stereocenters. The van der Waals surface area contributed by atoms with Gasteiger partial charge < -0.3 is 24.3 Å². The molecule has 0 spiro atoms. The van der Waals surface area contributed by atoms with Crippen LogP contribution in [0, 0.1) is 6.57 Å². The first-order chi connectivity index (χ1) is 18.4. The molecule has 2 aliphatic heterocycles. The van der Waals surface area contributed by atoms with Gasteiger partial charge in [0.25, 0.3) is 11.7 Å². The molecule has 0 aliphatic carbocycles. The van der Waals surface area contributed by atoms with Crippen LogP contribution >= 0.6 is 0 Å². The Kier molecular flexibility index (Phi) is 7.05. The summed E-state index contributed by atoms with van der Waals surface area (Å²) >= 11 is 0. The van der Waals surface area contributed by atoms with Gasteiger partial charge in [-0.15, -0.1) is 0 Å². The van der Waals surface area contributed by atoms with Crippen molar-refractivity contribution in [3.05, 3.63) is 76.8 Å². The minimum Gasteiger partial charge on any atom is -0.497 e. The number of amides is 2. The van der Waals surface area contributed by atoms with Crippen LogP contribution in [0.15, 0.2) is 48.5 Å². The molecule has 3 heterocycles. The molecule has 2 aliphatic rings. The van der Waals surface area contributed by atoms with E-state index in [-0.39, 0.29) is 17.9 Å². The largest absolute Gasteiger partial charge is 0.497 e. The predicted molar refractivity (Wildman–Crippen MR) is 145 cm³/mol. The molecule has 1 aromatic heterocycles. The maximum absolute atomic E-state index is 13.8. The molecule has 9 nitrogen and oxygen atoms in total. The lowest BCUT2D eigenvalue weighted by molar-refractivity contribution is -0.128. The molecule has 3 aromatic rings. The fraction of sp³-hybridized carbons (Fsp3) is 0.379. The molecule has 0 atom stereocenters. The van der Waals surface area contributed by atoms with Crippen molar-refractivity contribution in [3.63, 3.8) is 0 Å². The molecule has 2 aromatic carbocycles. The zero-order valence-corrected chi connectivity index (χ0v) is 22.1. The van der Waals surface area contributed by atoms with Gasteiger partial charge in [0.05, 0.1) is 12.8 Å². The number of fused-ring (bicyclic) bond motifs is 1. The molecule has 5 rings (SSSR count). The summed E-state index contributed by atoms with van der Waals surface area (Å²) in [4.78, 5) is 35.3. The average Bonchev–Trinajstić information content (AvgIpc) is 3.33. The van der Waals surface area contributed by atoms with Gasteiger partial charge >= 0.3 is 0 Å². The number of benzene rings is 2. The number of carbonyl (C=O) groups excluding carboxylic acids is 2. The summed E-state index contributed by atoms with van der Waals surface area (Å²) in [5.41, 5.74) is 4.22. The SMILES string of the molecule is [C-]#[N+]c1nn(-c2ccc(OC)cc2)c2c1CCN(C1CCN(c3ccccc3CN(C)C(C)=O)CC1)C2=O. The van der Waals surface area contributed by atoms with Gasteiger partial charge in [0.15, 0.2) is 0 Å². The first-order valence-electron chi connectivity index (χ1n) is 12.9. The number of para-hydroxylation sites is 1. The van der Waals surface area contributed by atoms with E-state index in [4.69, 9.17) is 11.3 Å². The number of ether oxygens (including phenoxy) is 1. The standard InChI is InChI=1S/C29H32N6O3/c1-20(36)32(3)19-21-7-5-6-8-26(21)33-16-13-22(14-17-33)34-18-15-25-27(29(34)37)35(31-28(25)30-2)23-9-11-24(38-4)12-10-23/h5-12,22H,13-19H2,1,3-4H3. The van der Waals surface area contributed by atoms with E-state index >= 15 is 0 Å². The quantitative estimate of drug-likeness (QED) is 0.466. The maximum Gasteiger partial charge on any atom is 0.300 e. The van der Waals surface area contributed by atoms with Crippen LogP contribution in [0.5, 0.6) is 5.75 Å². The Balaban J connectivity index is 1.34. The fourth-order valence-electron chi connectivity index (χ4n) is 5.45. The van der Waals surface area contributed by atoms with Crippen molar-refractivity contribution >= 4 is 23.3 Å². The maximum atomic E-state index is 13.8. The van der Waals surface area contributed by atoms with Gasteiger partial charge in [0.1, 0.15) is 11.4 Å². The molecule has 2 amide bonds. The molecule has 0 radical (unpaired) electrons. The summed E-state index contributed by atoms with van der Waals surface area (Å²) in [6.45, 7) is 12.0. The van der Waals surface area contributed by atoms with Crippen molar-refractivity contribution in [2.45, 2.75) is 38.8 Å². The van der Waals surface area contributed by atoms with Crippen molar-refractivity contribution in [3.8, 4) is 11.4 Å². The summed E-state index contributed by atoms with van der Waals surface area (Å²) < 4.78 is 6.88. The minimum absolute atomic E-state index is 0.0387. The number of carbonyl (C=O) groups is 2. The smallest absolute Gasteiger partial charge is 0.300 e. The third kappa shape index (κ3) is 4.70. The van der Waals surface area contributed by atoms with Gasteiger partial charge in [-0.3, -0.25) is 9.59 Å². The van der Waals surface area contributed by atoms with Gasteiger partial charge in [0, 0.05) is 57.4 Å². The number of piperidine rings is 1. The normalized spacial score (nSPS) is 15.7. The molecule has 0 saturated carbocycles. The van der Waals surface area contributed by atoms with Gasteiger partial charge in [0.2, 0.25) is 5.91 Å². The van der Waals surface area contributed by atoms with Crippen molar-refractivity contribution in [1.82, 2.24) is 19.6 Å². The van der Waals surface area contributed by atoms with Crippen LogP contribution in [0.25, 0.3) is 10.5 Å². The zero-order valence-electron chi connectivity index (χ0n) is 22.1. The summed E-state index contributed by atoms with van der Waals surface area (Å²) in [6.07, 6.45) is 2.32. The molecule has 1 saturated heterocycles. The minimum atomic E-state index is -0.0635. The number of methoxy groups -OCH3 is 1. The molecule has 0 bridgehead atoms. The lowest BCUT2D eigenvalue weighted by atomic mass is 9.97. The lowest BCUT2D eigenvalue weighted by Crippen LogP contribution is -2.50. The Labute approximate surface area is 223 Å². The highest BCUT2D eigenvalue weighted by Crippen LogP contribution is 2.34. The van der Waals surface area contributed by atoms with Crippen molar-refractivity contribution in [1.29, 1.82) is 0 Å². The van der Waals surface area contributed by atoms with Crippen molar-refractivity contribution < 1.29 is 14.3 Å². The van der Waals surface area contributed by atoms with E-state index in [1.807, 2.05) is 48.3 Å². The van der Waals surface area contributed by atoms with Gasteiger partial charge in [-0.05, 0) is 60.3 Å². The van der Waals surface area contributed by atoms with Crippen LogP contribution < -0.4 is 9.64 Å². The lowest BCUT2D eigenvalue weighted by Gasteiger charge is -2.41. The first kappa shape index (κ1) is 25.3. The molecule has 38 heavy (non-hydrogen) atoms. The summed E-state index contributed by atoms with van der Waals surface area (Å²) in [6, 6.07) is 15.7. The number of anilines is 1. The second-order valence-corrected chi connectivity index (χ2v) is 9.84. The Morgan fingerprint density at radius 3 is 2.50 bits per heavy atom. The van der Waals surface area contributed by atoms with E-state index in [1.54, 1.807) is 23.6 Å². The Hall–Kier alpha value is -4.32. The van der Waals surface area contributed by atoms with Crippen LogP contribution in [0.4, 0.5) is 11.5 Å². The van der Waals surface area contributed by atoms with Crippen molar-refractivity contribution in [2.24, 2.45) is 0 Å². The van der Waals surface area contributed by atoms with E-state index in [0.717, 1.165) is 54.2 Å². The predicted octanol–water partition coefficient (Wildman–Crippen LogP) is 4.08. The third-order valence-corrected chi connectivity index (χ3v) is 7.63. The van der Waals surface area contributed by atoms with Gasteiger partial charge in [-0.2, -0.15) is 4.68 Å². The van der Waals surface area contributed by atoms with Gasteiger partial charge in [-0.1, -0.05) is 24.8 Å². The molecular formula is C29H32N6O3. The van der Waals surface area contributed by atoms with E-state index in [2.05, 4.69) is 27.0 Å². The summed E-state index contributed by atoms with van der Waals surface area (Å²) in [5.74, 6) is 0.989. The molecular weight excluding hydrogens is 480 g/mol. The number of hydrogen-bond donors (Lipinski definition) is 0. The molecule has 1 fully saturated rings. The number of rotatable bonds is 6. The Bertz CT molecular complexity index is 1380. The monoisotopic (exact) mass is 512 g/mol. The Morgan fingerprint density at radius 2 is 1.84 bits per heavy atom. The van der Waals surface area contributed by atoms with Crippen LogP contribution in [-0.4, -0.2) is 71.2 Å². The summed E-state index contributed by atoms with van der Waals surface area (Å²) in [7, 11) is 3.43. The third-order valence-electron chi connectivity index (χ3n) is 7.63. The highest BCUT2D eigenvalue weighted by molar-refractivity contribution is 5.97. The van der Waals surface area contributed by atoms with Crippen LogP contribution in [-0.2, 0) is 17.8 Å². The van der Waals surface area contributed by atoms with Crippen LogP contribution in [0.1, 0.15) is 41.4 Å². The number of aromatic nitrogens is 2. The fourth-order valence-corrected chi connectivity index (χ4v) is 5.45. The van der Waals surface area contributed by atoms with E-state index in [9.17, 15) is 9.59 Å². The summed E-state index contributed by atoms with van der Waals surface area (Å²) in [5, 5.41) is 4.50. The highest BCUT2D eigenvalue weighted by atomic mass is 16.5. The molecule has 0 N–H and O–H groups in total. The van der Waals surface area contributed by atoms with E-state index in [0.29, 0.717) is 31.0 Å². The first-order valence-corrected chi connectivity index (χ1v) is 12.9.